The number of dihydropyridines is 1. The van der Waals surface area contributed by atoms with E-state index in [0.29, 0.717) is 34.0 Å². The number of hydrogen-bond acceptors (Lipinski definition) is 8. The number of methoxy groups -OCH3 is 1. The molecule has 2 N–H and O–H groups in total. The predicted molar refractivity (Wildman–Crippen MR) is 213 cm³/mol. The Bertz CT molecular complexity index is 1680. The number of carbonyl (C=O) groups excluding carboxylic acids is 2. The first-order valence-corrected chi connectivity index (χ1v) is 20.6. The molecule has 4 rings (SSSR count). The molecular weight excluding hydrogens is 671 g/mol. The number of benzene rings is 2. The van der Waals surface area contributed by atoms with Crippen molar-refractivity contribution in [1.29, 1.82) is 0 Å². The van der Waals surface area contributed by atoms with Crippen molar-refractivity contribution in [2.45, 2.75) is 136 Å². The van der Waals surface area contributed by atoms with E-state index < -0.39 is 17.9 Å². The lowest BCUT2D eigenvalue weighted by Gasteiger charge is -2.33. The van der Waals surface area contributed by atoms with Crippen LogP contribution in [0.5, 0.6) is 5.75 Å². The van der Waals surface area contributed by atoms with Gasteiger partial charge in [0.25, 0.3) is 0 Å². The second-order valence-corrected chi connectivity index (χ2v) is 14.8. The van der Waals surface area contributed by atoms with Gasteiger partial charge in [-0.15, -0.1) is 0 Å². The highest BCUT2D eigenvalue weighted by Gasteiger charge is 2.41. The number of nitrogens with zero attached hydrogens (tertiary/aromatic N) is 1. The van der Waals surface area contributed by atoms with Crippen molar-refractivity contribution in [3.05, 3.63) is 75.6 Å². The van der Waals surface area contributed by atoms with Gasteiger partial charge in [0.05, 0.1) is 48.4 Å². The van der Waals surface area contributed by atoms with Gasteiger partial charge in [0, 0.05) is 22.7 Å². The van der Waals surface area contributed by atoms with E-state index in [9.17, 15) is 9.59 Å². The number of rotatable bonds is 23. The number of aromatic nitrogens is 2. The Morgan fingerprint density at radius 1 is 0.788 bits per heavy atom. The zero-order chi connectivity index (χ0) is 37.3. The fourth-order valence-corrected chi connectivity index (χ4v) is 8.04. The molecule has 0 fully saturated rings. The highest BCUT2D eigenvalue weighted by molar-refractivity contribution is 7.99. The average molecular weight is 732 g/mol. The van der Waals surface area contributed by atoms with Crippen LogP contribution < -0.4 is 10.1 Å². The zero-order valence-corrected chi connectivity index (χ0v) is 33.3. The first-order chi connectivity index (χ1) is 25.3. The molecule has 1 aliphatic rings. The van der Waals surface area contributed by atoms with Crippen molar-refractivity contribution in [3.8, 4) is 5.75 Å². The van der Waals surface area contributed by atoms with Crippen LogP contribution in [-0.4, -0.2) is 48.0 Å². The van der Waals surface area contributed by atoms with Crippen LogP contribution in [0.2, 0.25) is 0 Å². The maximum Gasteiger partial charge on any atom is 0.336 e. The second-order valence-electron chi connectivity index (χ2n) is 13.8. The minimum Gasteiger partial charge on any atom is -0.496 e. The Kier molecular flexibility index (Phi) is 17.1. The van der Waals surface area contributed by atoms with Gasteiger partial charge in [0.2, 0.25) is 0 Å². The molecular formula is C43H61N3O5S. The summed E-state index contributed by atoms with van der Waals surface area (Å²) in [7, 11) is 1.64. The number of H-pyrrole nitrogens is 1. The van der Waals surface area contributed by atoms with Crippen LogP contribution >= 0.6 is 11.8 Å². The van der Waals surface area contributed by atoms with Gasteiger partial charge >= 0.3 is 11.9 Å². The van der Waals surface area contributed by atoms with E-state index in [4.69, 9.17) is 19.2 Å². The molecule has 1 aliphatic heterocycles. The summed E-state index contributed by atoms with van der Waals surface area (Å²) >= 11 is 1.50. The first-order valence-electron chi connectivity index (χ1n) is 19.6. The molecule has 0 amide bonds. The van der Waals surface area contributed by atoms with Crippen molar-refractivity contribution in [2.24, 2.45) is 0 Å². The molecule has 3 aromatic rings. The van der Waals surface area contributed by atoms with E-state index in [-0.39, 0.29) is 13.2 Å². The van der Waals surface area contributed by atoms with E-state index in [0.717, 1.165) is 52.1 Å². The third-order valence-corrected chi connectivity index (χ3v) is 10.7. The molecule has 0 saturated heterocycles. The lowest BCUT2D eigenvalue weighted by atomic mass is 9.77. The van der Waals surface area contributed by atoms with Crippen LogP contribution in [0.1, 0.15) is 134 Å². The molecule has 2 aromatic carbocycles. The first kappa shape index (κ1) is 41.0. The Hall–Kier alpha value is -3.72. The number of thioether (sulfide) groups is 1. The van der Waals surface area contributed by atoms with Gasteiger partial charge in [-0.05, 0) is 69.9 Å². The van der Waals surface area contributed by atoms with Gasteiger partial charge in [-0.25, -0.2) is 14.6 Å². The SMILES string of the molecule is CCCCCCCCCCCCCCCc1cccc(OC)c1C1C(C(=O)OCC)=C(C)NC(CSc2nc3ccc(C)cc3[nH]2)=C1C(=O)OCC. The van der Waals surface area contributed by atoms with E-state index >= 15 is 0 Å². The summed E-state index contributed by atoms with van der Waals surface area (Å²) in [5.41, 5.74) is 6.98. The molecule has 1 aromatic heterocycles. The maximum atomic E-state index is 14.0. The Balaban J connectivity index is 1.57. The number of nitrogens with one attached hydrogen (secondary N) is 2. The summed E-state index contributed by atoms with van der Waals surface area (Å²) in [6, 6.07) is 12.1. The smallest absolute Gasteiger partial charge is 0.336 e. The Morgan fingerprint density at radius 2 is 1.40 bits per heavy atom. The molecule has 1 atom stereocenters. The van der Waals surface area contributed by atoms with E-state index in [1.54, 1.807) is 21.0 Å². The predicted octanol–water partition coefficient (Wildman–Crippen LogP) is 10.6. The number of ether oxygens (including phenoxy) is 3. The van der Waals surface area contributed by atoms with Crippen molar-refractivity contribution in [3.63, 3.8) is 0 Å². The quantitative estimate of drug-likeness (QED) is 0.0564. The number of aromatic amines is 1. The fourth-order valence-electron chi connectivity index (χ4n) is 7.18. The molecule has 0 aliphatic carbocycles. The number of unbranched alkanes of at least 4 members (excludes halogenated alkanes) is 12. The van der Waals surface area contributed by atoms with E-state index in [1.165, 1.54) is 82.4 Å². The van der Waals surface area contributed by atoms with Gasteiger partial charge < -0.3 is 24.5 Å². The average Bonchev–Trinajstić information content (AvgIpc) is 3.54. The lowest BCUT2D eigenvalue weighted by molar-refractivity contribution is -0.139. The minimum atomic E-state index is -0.735. The Morgan fingerprint density at radius 3 is 2.02 bits per heavy atom. The minimum absolute atomic E-state index is 0.202. The highest BCUT2D eigenvalue weighted by Crippen LogP contribution is 2.45. The van der Waals surface area contributed by atoms with Gasteiger partial charge in [-0.1, -0.05) is 114 Å². The van der Waals surface area contributed by atoms with Gasteiger partial charge in [-0.2, -0.15) is 0 Å². The van der Waals surface area contributed by atoms with E-state index in [2.05, 4.69) is 36.3 Å². The van der Waals surface area contributed by atoms with Crippen LogP contribution in [0.4, 0.5) is 0 Å². The third kappa shape index (κ3) is 11.4. The number of hydrogen-bond donors (Lipinski definition) is 2. The zero-order valence-electron chi connectivity index (χ0n) is 32.5. The molecule has 8 nitrogen and oxygen atoms in total. The monoisotopic (exact) mass is 731 g/mol. The van der Waals surface area contributed by atoms with Crippen LogP contribution in [0.3, 0.4) is 0 Å². The van der Waals surface area contributed by atoms with E-state index in [1.807, 2.05) is 31.2 Å². The molecule has 52 heavy (non-hydrogen) atoms. The summed E-state index contributed by atoms with van der Waals surface area (Å²) in [4.78, 5) is 36.0. The summed E-state index contributed by atoms with van der Waals surface area (Å²) in [5, 5.41) is 4.16. The number of imidazole rings is 1. The standard InChI is InChI=1S/C43H61N3O5S/c1-7-10-11-12-13-14-15-16-17-18-19-20-21-23-32-24-22-25-36(49-6)38(32)40-37(41(47)50-8-2)31(5)44-35(39(40)42(48)51-9-3)29-52-43-45-33-27-26-30(4)28-34(33)46-43/h22,24-28,40,44H,7-21,23,29H2,1-6H3,(H,45,46). The number of carbonyl (C=O) groups is 2. The normalized spacial score (nSPS) is 14.5. The van der Waals surface area contributed by atoms with Crippen LogP contribution in [0.25, 0.3) is 11.0 Å². The molecule has 0 saturated carbocycles. The van der Waals surface area contributed by atoms with Crippen LogP contribution in [0, 0.1) is 6.92 Å². The molecule has 0 bridgehead atoms. The number of aryl methyl sites for hydroxylation is 2. The van der Waals surface area contributed by atoms with Crippen molar-refractivity contribution < 1.29 is 23.8 Å². The topological polar surface area (TPSA) is 103 Å². The Labute approximate surface area is 315 Å². The molecule has 9 heteroatoms. The number of allylic oxidation sites excluding steroid dienone is 1. The van der Waals surface area contributed by atoms with Crippen molar-refractivity contribution in [1.82, 2.24) is 15.3 Å². The summed E-state index contributed by atoms with van der Waals surface area (Å²) < 4.78 is 17.3. The van der Waals surface area contributed by atoms with Crippen molar-refractivity contribution in [2.75, 3.05) is 26.1 Å². The van der Waals surface area contributed by atoms with Gasteiger partial charge in [0.1, 0.15) is 5.75 Å². The maximum absolute atomic E-state index is 14.0. The highest BCUT2D eigenvalue weighted by atomic mass is 32.2. The molecule has 0 spiro atoms. The molecule has 284 valence electrons. The van der Waals surface area contributed by atoms with Crippen LogP contribution in [0.15, 0.2) is 64.1 Å². The second kappa shape index (κ2) is 21.7. The van der Waals surface area contributed by atoms with Crippen LogP contribution in [-0.2, 0) is 25.5 Å². The molecule has 0 radical (unpaired) electrons. The lowest BCUT2D eigenvalue weighted by Crippen LogP contribution is -2.34. The third-order valence-electron chi connectivity index (χ3n) is 9.82. The van der Waals surface area contributed by atoms with Gasteiger partial charge in [-0.3, -0.25) is 0 Å². The fraction of sp³-hybridized carbons (Fsp3) is 0.558. The number of esters is 2. The summed E-state index contributed by atoms with van der Waals surface area (Å²) in [6.45, 7) is 10.2. The summed E-state index contributed by atoms with van der Waals surface area (Å²) in [6.07, 6.45) is 17.5. The molecule has 2 heterocycles. The van der Waals surface area contributed by atoms with Gasteiger partial charge in [0.15, 0.2) is 5.16 Å². The summed E-state index contributed by atoms with van der Waals surface area (Å²) in [5.74, 6) is -0.629. The molecule has 1 unspecified atom stereocenters. The number of fused-ring (bicyclic) bond motifs is 1. The largest absolute Gasteiger partial charge is 0.496 e. The van der Waals surface area contributed by atoms with Crippen molar-refractivity contribution >= 4 is 34.7 Å².